The lowest BCUT2D eigenvalue weighted by atomic mass is 9.93. The van der Waals surface area contributed by atoms with Crippen molar-refractivity contribution in [3.63, 3.8) is 0 Å². The second kappa shape index (κ2) is 16.1. The number of benzene rings is 1. The minimum Gasteiger partial charge on any atom is -0.496 e. The van der Waals surface area contributed by atoms with Gasteiger partial charge in [0.1, 0.15) is 11.3 Å². The number of piperazine rings is 1. The van der Waals surface area contributed by atoms with Gasteiger partial charge in [0.15, 0.2) is 0 Å². The maximum Gasteiger partial charge on any atom is 0.341 e. The summed E-state index contributed by atoms with van der Waals surface area (Å²) in [4.78, 5) is 17.7. The van der Waals surface area contributed by atoms with Crippen molar-refractivity contribution in [1.29, 1.82) is 0 Å². The molecule has 2 rings (SSSR count). The van der Waals surface area contributed by atoms with Gasteiger partial charge in [0.25, 0.3) is 0 Å². The van der Waals surface area contributed by atoms with E-state index in [-0.39, 0.29) is 11.0 Å². The predicted molar refractivity (Wildman–Crippen MR) is 165 cm³/mol. The van der Waals surface area contributed by atoms with Crippen molar-refractivity contribution in [2.75, 3.05) is 58.7 Å². The Balaban J connectivity index is 1.73. The number of esters is 1. The lowest BCUT2D eigenvalue weighted by Crippen LogP contribution is -2.49. The van der Waals surface area contributed by atoms with Crippen molar-refractivity contribution in [3.05, 3.63) is 57.7 Å². The first-order valence-electron chi connectivity index (χ1n) is 14.1. The van der Waals surface area contributed by atoms with E-state index in [9.17, 15) is 4.79 Å². The van der Waals surface area contributed by atoms with E-state index >= 15 is 0 Å². The first-order valence-corrected chi connectivity index (χ1v) is 14.5. The number of carbonyl (C=O) groups is 1. The van der Waals surface area contributed by atoms with Gasteiger partial charge in [-0.25, -0.2) is 4.79 Å². The molecule has 7 heteroatoms. The Morgan fingerprint density at radius 3 is 2.18 bits per heavy atom. The molecule has 1 aliphatic heterocycles. The molecule has 1 aromatic carbocycles. The molecule has 0 amide bonds. The summed E-state index contributed by atoms with van der Waals surface area (Å²) in [6.45, 7) is 19.4. The maximum atomic E-state index is 12.7. The molecule has 1 fully saturated rings. The molecule has 1 aliphatic rings. The van der Waals surface area contributed by atoms with Crippen molar-refractivity contribution >= 4 is 23.3 Å². The molecule has 0 unspecified atom stereocenters. The standard InChI is InChI=1S/C32H50ClN3O3/c1-24(2)10-8-11-25(3)12-9-13-26(4)14-15-35-16-18-36(19-17-35)22-32(5,6)23-39-31(37)27-20-28(33)29(34)21-30(27)38-7/h10,12,14,20-21H,8-9,11,13,15-19,22-23,34H2,1-7H3. The molecule has 0 saturated carbocycles. The third-order valence-corrected chi connectivity index (χ3v) is 7.40. The van der Waals surface area contributed by atoms with Crippen LogP contribution in [0.25, 0.3) is 0 Å². The zero-order valence-corrected chi connectivity index (χ0v) is 26.0. The fourth-order valence-electron chi connectivity index (χ4n) is 4.64. The van der Waals surface area contributed by atoms with Crippen LogP contribution in [0, 0.1) is 5.41 Å². The molecular weight excluding hydrogens is 510 g/mol. The van der Waals surface area contributed by atoms with Gasteiger partial charge in [0, 0.05) is 50.7 Å². The minimum atomic E-state index is -0.455. The van der Waals surface area contributed by atoms with Gasteiger partial charge in [0.2, 0.25) is 0 Å². The van der Waals surface area contributed by atoms with Crippen LogP contribution in [0.5, 0.6) is 5.75 Å². The van der Waals surface area contributed by atoms with Gasteiger partial charge in [-0.3, -0.25) is 4.90 Å². The highest BCUT2D eigenvalue weighted by molar-refractivity contribution is 6.33. The molecule has 0 bridgehead atoms. The summed E-state index contributed by atoms with van der Waals surface area (Å²) in [5.41, 5.74) is 10.6. The van der Waals surface area contributed by atoms with Crippen LogP contribution in [0.3, 0.4) is 0 Å². The number of allylic oxidation sites excluding steroid dienone is 5. The first kappa shape index (κ1) is 32.9. The largest absolute Gasteiger partial charge is 0.496 e. The van der Waals surface area contributed by atoms with E-state index in [0.717, 1.165) is 65.0 Å². The van der Waals surface area contributed by atoms with Crippen molar-refractivity contribution < 1.29 is 14.3 Å². The van der Waals surface area contributed by atoms with Gasteiger partial charge in [-0.05, 0) is 59.4 Å². The highest BCUT2D eigenvalue weighted by Gasteiger charge is 2.27. The predicted octanol–water partition coefficient (Wildman–Crippen LogP) is 7.15. The van der Waals surface area contributed by atoms with Gasteiger partial charge >= 0.3 is 5.97 Å². The Hall–Kier alpha value is -2.28. The number of nitrogens with zero attached hydrogens (tertiary/aromatic N) is 2. The average Bonchev–Trinajstić information content (AvgIpc) is 2.87. The van der Waals surface area contributed by atoms with Gasteiger partial charge in [0.05, 0.1) is 24.4 Å². The molecule has 2 N–H and O–H groups in total. The molecule has 0 aromatic heterocycles. The van der Waals surface area contributed by atoms with Crippen LogP contribution in [-0.4, -0.2) is 68.8 Å². The summed E-state index contributed by atoms with van der Waals surface area (Å²) >= 11 is 6.11. The van der Waals surface area contributed by atoms with Crippen molar-refractivity contribution in [2.45, 2.75) is 67.2 Å². The molecule has 0 atom stereocenters. The molecule has 1 aromatic rings. The highest BCUT2D eigenvalue weighted by Crippen LogP contribution is 2.30. The Morgan fingerprint density at radius 2 is 1.56 bits per heavy atom. The first-order chi connectivity index (χ1) is 18.4. The Morgan fingerprint density at radius 1 is 0.974 bits per heavy atom. The lowest BCUT2D eigenvalue weighted by Gasteiger charge is -2.38. The summed E-state index contributed by atoms with van der Waals surface area (Å²) < 4.78 is 11.0. The Labute approximate surface area is 241 Å². The Bertz CT molecular complexity index is 1030. The fraction of sp³-hybridized carbons (Fsp3) is 0.594. The maximum absolute atomic E-state index is 12.7. The molecular formula is C32H50ClN3O3. The van der Waals surface area contributed by atoms with Gasteiger partial charge in [-0.15, -0.1) is 0 Å². The van der Waals surface area contributed by atoms with Crippen molar-refractivity contribution in [1.82, 2.24) is 9.80 Å². The number of rotatable bonds is 14. The second-order valence-corrected chi connectivity index (χ2v) is 12.3. The van der Waals surface area contributed by atoms with E-state index < -0.39 is 5.97 Å². The van der Waals surface area contributed by atoms with Crippen LogP contribution in [0.1, 0.15) is 77.6 Å². The Kier molecular flexibility index (Phi) is 13.6. The zero-order valence-electron chi connectivity index (χ0n) is 25.2. The monoisotopic (exact) mass is 559 g/mol. The van der Waals surface area contributed by atoms with Crippen molar-refractivity contribution in [3.8, 4) is 5.75 Å². The number of anilines is 1. The molecule has 1 saturated heterocycles. The van der Waals surface area contributed by atoms with E-state index in [0.29, 0.717) is 23.1 Å². The summed E-state index contributed by atoms with van der Waals surface area (Å²) in [6.07, 6.45) is 11.6. The van der Waals surface area contributed by atoms with Crippen LogP contribution >= 0.6 is 11.6 Å². The number of nitrogens with two attached hydrogens (primary N) is 1. The van der Waals surface area contributed by atoms with Crippen LogP contribution < -0.4 is 10.5 Å². The quantitative estimate of drug-likeness (QED) is 0.148. The number of hydrogen-bond donors (Lipinski definition) is 1. The third kappa shape index (κ3) is 12.2. The van der Waals surface area contributed by atoms with E-state index in [1.54, 1.807) is 6.07 Å². The third-order valence-electron chi connectivity index (χ3n) is 7.07. The highest BCUT2D eigenvalue weighted by atomic mass is 35.5. The summed E-state index contributed by atoms with van der Waals surface area (Å²) in [5.74, 6) is -0.0926. The molecule has 0 radical (unpaired) electrons. The number of hydrogen-bond acceptors (Lipinski definition) is 6. The smallest absolute Gasteiger partial charge is 0.341 e. The van der Waals surface area contributed by atoms with Gasteiger partial charge in [-0.2, -0.15) is 0 Å². The number of ether oxygens (including phenoxy) is 2. The van der Waals surface area contributed by atoms with Crippen LogP contribution in [0.4, 0.5) is 5.69 Å². The number of nitrogen functional groups attached to an aromatic ring is 1. The SMILES string of the molecule is COc1cc(N)c(Cl)cc1C(=O)OCC(C)(C)CN1CCN(CC=C(C)CCC=C(C)CCC=C(C)C)CC1. The summed E-state index contributed by atoms with van der Waals surface area (Å²) in [7, 11) is 1.49. The molecule has 1 heterocycles. The van der Waals surface area contributed by atoms with E-state index in [1.165, 1.54) is 29.9 Å². The number of carbonyl (C=O) groups excluding carboxylic acids is 1. The average molecular weight is 560 g/mol. The van der Waals surface area contributed by atoms with Crippen molar-refractivity contribution in [2.24, 2.45) is 5.41 Å². The zero-order chi connectivity index (χ0) is 29.0. The lowest BCUT2D eigenvalue weighted by molar-refractivity contribution is 0.0214. The minimum absolute atomic E-state index is 0.184. The molecule has 39 heavy (non-hydrogen) atoms. The van der Waals surface area contributed by atoms with E-state index in [2.05, 4.69) is 69.6 Å². The summed E-state index contributed by atoms with van der Waals surface area (Å²) in [5, 5.41) is 0.308. The molecule has 218 valence electrons. The molecule has 0 spiro atoms. The second-order valence-electron chi connectivity index (χ2n) is 11.9. The topological polar surface area (TPSA) is 68.0 Å². The normalized spacial score (nSPS) is 15.8. The summed E-state index contributed by atoms with van der Waals surface area (Å²) in [6, 6.07) is 3.05. The van der Waals surface area contributed by atoms with E-state index in [1.807, 2.05) is 0 Å². The van der Waals surface area contributed by atoms with Crippen LogP contribution in [-0.2, 0) is 4.74 Å². The van der Waals surface area contributed by atoms with Crippen LogP contribution in [0.15, 0.2) is 47.1 Å². The molecule has 0 aliphatic carbocycles. The van der Waals surface area contributed by atoms with Gasteiger partial charge < -0.3 is 20.1 Å². The van der Waals surface area contributed by atoms with Gasteiger partial charge in [-0.1, -0.05) is 60.4 Å². The number of methoxy groups -OCH3 is 1. The van der Waals surface area contributed by atoms with E-state index in [4.69, 9.17) is 26.8 Å². The molecule has 6 nitrogen and oxygen atoms in total. The fourth-order valence-corrected chi connectivity index (χ4v) is 4.80. The van der Waals surface area contributed by atoms with Crippen LogP contribution in [0.2, 0.25) is 5.02 Å². The number of halogens is 1.